The molecule has 1 N–H and O–H groups in total. The average Bonchev–Trinajstić information content (AvgIpc) is 2.41. The maximum atomic E-state index is 13.6. The molecule has 5 heteroatoms. The second kappa shape index (κ2) is 4.72. The summed E-state index contributed by atoms with van der Waals surface area (Å²) in [6, 6.07) is 8.40. The van der Waals surface area contributed by atoms with Gasteiger partial charge in [-0.25, -0.2) is 8.78 Å². The quantitative estimate of drug-likeness (QED) is 0.718. The zero-order valence-corrected chi connectivity index (χ0v) is 10.8. The summed E-state index contributed by atoms with van der Waals surface area (Å²) in [4.78, 5) is 15.0. The van der Waals surface area contributed by atoms with Crippen molar-refractivity contribution in [3.8, 4) is 11.1 Å². The third-order valence-corrected chi connectivity index (χ3v) is 3.31. The molecule has 0 aliphatic carbocycles. The zero-order chi connectivity index (χ0) is 14.3. The predicted molar refractivity (Wildman–Crippen MR) is 74.9 cm³/mol. The largest absolute Gasteiger partial charge is 0.358 e. The van der Waals surface area contributed by atoms with Crippen LogP contribution in [0.1, 0.15) is 0 Å². The van der Waals surface area contributed by atoms with Crippen LogP contribution in [0.5, 0.6) is 0 Å². The summed E-state index contributed by atoms with van der Waals surface area (Å²) >= 11 is 5.79. The molecule has 1 heterocycles. The maximum Gasteiger partial charge on any atom is 0.197 e. The van der Waals surface area contributed by atoms with E-state index in [4.69, 9.17) is 11.6 Å². The monoisotopic (exact) mass is 291 g/mol. The minimum absolute atomic E-state index is 0.00545. The van der Waals surface area contributed by atoms with Crippen LogP contribution in [0.3, 0.4) is 0 Å². The van der Waals surface area contributed by atoms with Gasteiger partial charge in [0.15, 0.2) is 5.43 Å². The fourth-order valence-corrected chi connectivity index (χ4v) is 2.22. The Balaban J connectivity index is 2.31. The molecule has 3 aromatic rings. The van der Waals surface area contributed by atoms with Gasteiger partial charge in [0, 0.05) is 22.8 Å². The Hall–Kier alpha value is -2.20. The van der Waals surface area contributed by atoms with E-state index in [1.54, 1.807) is 24.3 Å². The minimum atomic E-state index is -0.792. The summed E-state index contributed by atoms with van der Waals surface area (Å²) < 4.78 is 26.8. The highest BCUT2D eigenvalue weighted by atomic mass is 35.5. The van der Waals surface area contributed by atoms with E-state index in [1.165, 1.54) is 6.20 Å². The van der Waals surface area contributed by atoms with E-state index in [0.29, 0.717) is 16.1 Å². The van der Waals surface area contributed by atoms with E-state index in [0.717, 1.165) is 12.1 Å². The highest BCUT2D eigenvalue weighted by molar-refractivity contribution is 6.30. The molecule has 0 aliphatic rings. The molecule has 0 radical (unpaired) electrons. The lowest BCUT2D eigenvalue weighted by molar-refractivity contribution is 0.590. The molecule has 0 saturated heterocycles. The van der Waals surface area contributed by atoms with Gasteiger partial charge in [0.2, 0.25) is 0 Å². The van der Waals surface area contributed by atoms with Crippen LogP contribution in [-0.4, -0.2) is 4.98 Å². The smallest absolute Gasteiger partial charge is 0.197 e. The number of halogens is 3. The molecule has 0 amide bonds. The SMILES string of the molecule is O=c1c(-c2ccc(Cl)cc2)c[nH]c2c(F)cc(F)cc12. The van der Waals surface area contributed by atoms with E-state index in [9.17, 15) is 13.6 Å². The van der Waals surface area contributed by atoms with Crippen molar-refractivity contribution >= 4 is 22.5 Å². The molecular formula is C15H8ClF2NO. The molecule has 1 aromatic heterocycles. The fraction of sp³-hybridized carbons (Fsp3) is 0. The van der Waals surface area contributed by atoms with Gasteiger partial charge in [-0.3, -0.25) is 4.79 Å². The Bertz CT molecular complexity index is 856. The molecule has 100 valence electrons. The van der Waals surface area contributed by atoms with Crippen molar-refractivity contribution in [1.82, 2.24) is 4.98 Å². The Labute approximate surface area is 117 Å². The first-order chi connectivity index (χ1) is 9.56. The predicted octanol–water partition coefficient (Wildman–Crippen LogP) is 4.13. The molecule has 0 spiro atoms. The average molecular weight is 292 g/mol. The van der Waals surface area contributed by atoms with E-state index in [-0.39, 0.29) is 10.9 Å². The van der Waals surface area contributed by atoms with Crippen LogP contribution >= 0.6 is 11.6 Å². The molecular weight excluding hydrogens is 284 g/mol. The maximum absolute atomic E-state index is 13.6. The van der Waals surface area contributed by atoms with Crippen LogP contribution in [-0.2, 0) is 0 Å². The Kier molecular flexibility index (Phi) is 3.03. The zero-order valence-electron chi connectivity index (χ0n) is 10.1. The third kappa shape index (κ3) is 2.08. The third-order valence-electron chi connectivity index (χ3n) is 3.06. The van der Waals surface area contributed by atoms with Crippen LogP contribution in [0.15, 0.2) is 47.4 Å². The molecule has 0 atom stereocenters. The van der Waals surface area contributed by atoms with Crippen molar-refractivity contribution in [2.45, 2.75) is 0 Å². The summed E-state index contributed by atoms with van der Waals surface area (Å²) in [7, 11) is 0. The van der Waals surface area contributed by atoms with Crippen molar-refractivity contribution in [1.29, 1.82) is 0 Å². The van der Waals surface area contributed by atoms with Gasteiger partial charge in [0.25, 0.3) is 0 Å². The van der Waals surface area contributed by atoms with Gasteiger partial charge in [0.1, 0.15) is 11.6 Å². The number of aromatic amines is 1. The van der Waals surface area contributed by atoms with Crippen molar-refractivity contribution < 1.29 is 8.78 Å². The number of rotatable bonds is 1. The van der Waals surface area contributed by atoms with Gasteiger partial charge >= 0.3 is 0 Å². The summed E-state index contributed by atoms with van der Waals surface area (Å²) in [5.41, 5.74) is 0.523. The van der Waals surface area contributed by atoms with Gasteiger partial charge in [-0.15, -0.1) is 0 Å². The minimum Gasteiger partial charge on any atom is -0.358 e. The number of hydrogen-bond acceptors (Lipinski definition) is 1. The molecule has 0 saturated carbocycles. The number of H-pyrrole nitrogens is 1. The van der Waals surface area contributed by atoms with Crippen LogP contribution < -0.4 is 5.43 Å². The van der Waals surface area contributed by atoms with Crippen LogP contribution in [0, 0.1) is 11.6 Å². The van der Waals surface area contributed by atoms with Gasteiger partial charge in [-0.05, 0) is 23.8 Å². The Morgan fingerprint density at radius 2 is 1.75 bits per heavy atom. The number of nitrogens with one attached hydrogen (secondary N) is 1. The van der Waals surface area contributed by atoms with E-state index in [1.807, 2.05) is 0 Å². The molecule has 20 heavy (non-hydrogen) atoms. The topological polar surface area (TPSA) is 32.9 Å². The molecule has 0 unspecified atom stereocenters. The van der Waals surface area contributed by atoms with E-state index in [2.05, 4.69) is 4.98 Å². The van der Waals surface area contributed by atoms with Crippen molar-refractivity contribution in [3.05, 3.63) is 69.5 Å². The first kappa shape index (κ1) is 12.8. The molecule has 0 fully saturated rings. The van der Waals surface area contributed by atoms with Crippen molar-refractivity contribution in [2.75, 3.05) is 0 Å². The summed E-state index contributed by atoms with van der Waals surface area (Å²) in [5, 5.41) is 0.526. The van der Waals surface area contributed by atoms with E-state index >= 15 is 0 Å². The first-order valence-corrected chi connectivity index (χ1v) is 6.20. The standard InChI is InChI=1S/C15H8ClF2NO/c16-9-3-1-8(2-4-9)12-7-19-14-11(15(12)20)5-10(17)6-13(14)18/h1-7H,(H,19,20). The Morgan fingerprint density at radius 3 is 2.45 bits per heavy atom. The number of fused-ring (bicyclic) bond motifs is 1. The summed E-state index contributed by atoms with van der Waals surface area (Å²) in [6.45, 7) is 0. The second-order valence-corrected chi connectivity index (χ2v) is 4.78. The lowest BCUT2D eigenvalue weighted by atomic mass is 10.0. The van der Waals surface area contributed by atoms with Crippen molar-refractivity contribution in [3.63, 3.8) is 0 Å². The normalized spacial score (nSPS) is 10.9. The number of aromatic nitrogens is 1. The van der Waals surface area contributed by atoms with Gasteiger partial charge in [-0.2, -0.15) is 0 Å². The van der Waals surface area contributed by atoms with Crippen LogP contribution in [0.4, 0.5) is 8.78 Å². The lowest BCUT2D eigenvalue weighted by Crippen LogP contribution is -2.07. The molecule has 0 aliphatic heterocycles. The van der Waals surface area contributed by atoms with Crippen LogP contribution in [0.2, 0.25) is 5.02 Å². The van der Waals surface area contributed by atoms with E-state index < -0.39 is 17.1 Å². The van der Waals surface area contributed by atoms with Gasteiger partial charge < -0.3 is 4.98 Å². The number of pyridine rings is 1. The summed E-state index contributed by atoms with van der Waals surface area (Å²) in [6.07, 6.45) is 1.41. The van der Waals surface area contributed by atoms with Gasteiger partial charge in [-0.1, -0.05) is 23.7 Å². The summed E-state index contributed by atoms with van der Waals surface area (Å²) in [5.74, 6) is -1.58. The van der Waals surface area contributed by atoms with Crippen LogP contribution in [0.25, 0.3) is 22.0 Å². The van der Waals surface area contributed by atoms with Crippen molar-refractivity contribution in [2.24, 2.45) is 0 Å². The molecule has 0 bridgehead atoms. The van der Waals surface area contributed by atoms with Gasteiger partial charge in [0.05, 0.1) is 10.9 Å². The molecule has 3 rings (SSSR count). The number of hydrogen-bond donors (Lipinski definition) is 1. The Morgan fingerprint density at radius 1 is 1.05 bits per heavy atom. The molecule has 2 aromatic carbocycles. The second-order valence-electron chi connectivity index (χ2n) is 4.35. The fourth-order valence-electron chi connectivity index (χ4n) is 2.10. The highest BCUT2D eigenvalue weighted by Gasteiger charge is 2.11. The molecule has 2 nitrogen and oxygen atoms in total. The number of benzene rings is 2. The first-order valence-electron chi connectivity index (χ1n) is 5.82. The lowest BCUT2D eigenvalue weighted by Gasteiger charge is -2.05. The highest BCUT2D eigenvalue weighted by Crippen LogP contribution is 2.21.